The topological polar surface area (TPSA) is 77.1 Å². The first kappa shape index (κ1) is 20.2. The van der Waals surface area contributed by atoms with Crippen molar-refractivity contribution in [3.8, 4) is 11.5 Å². The van der Waals surface area contributed by atoms with E-state index in [1.165, 1.54) is 6.07 Å². The van der Waals surface area contributed by atoms with Gasteiger partial charge in [-0.1, -0.05) is 29.8 Å². The Labute approximate surface area is 171 Å². The molecule has 1 atom stereocenters. The van der Waals surface area contributed by atoms with Crippen LogP contribution >= 0.6 is 0 Å². The minimum atomic E-state index is -3.69. The molecule has 0 radical (unpaired) electrons. The van der Waals surface area contributed by atoms with Crippen LogP contribution in [0.3, 0.4) is 0 Å². The van der Waals surface area contributed by atoms with Crippen LogP contribution in [0.15, 0.2) is 47.4 Å². The van der Waals surface area contributed by atoms with Gasteiger partial charge in [-0.3, -0.25) is 4.90 Å². The molecule has 1 fully saturated rings. The molecule has 2 aliphatic rings. The SMILES string of the molecule is Cc1cccc(C(CNS(=O)(=O)c2ccc3c(c2)OCCO3)N2CCOCC2)c1. The molecule has 2 heterocycles. The van der Waals surface area contributed by atoms with E-state index >= 15 is 0 Å². The number of hydrogen-bond acceptors (Lipinski definition) is 6. The first-order chi connectivity index (χ1) is 14.0. The summed E-state index contributed by atoms with van der Waals surface area (Å²) < 4.78 is 45.2. The minimum absolute atomic E-state index is 0.0641. The van der Waals surface area contributed by atoms with Crippen molar-refractivity contribution in [2.45, 2.75) is 17.9 Å². The van der Waals surface area contributed by atoms with Gasteiger partial charge >= 0.3 is 0 Å². The van der Waals surface area contributed by atoms with Crippen molar-refractivity contribution in [2.24, 2.45) is 0 Å². The number of benzene rings is 2. The van der Waals surface area contributed by atoms with E-state index in [4.69, 9.17) is 14.2 Å². The zero-order chi connectivity index (χ0) is 20.3. The summed E-state index contributed by atoms with van der Waals surface area (Å²) in [6.45, 7) is 6.04. The molecule has 8 heteroatoms. The van der Waals surface area contributed by atoms with Crippen molar-refractivity contribution >= 4 is 10.0 Å². The van der Waals surface area contributed by atoms with E-state index in [1.54, 1.807) is 12.1 Å². The summed E-state index contributed by atoms with van der Waals surface area (Å²) in [6, 6.07) is 12.9. The van der Waals surface area contributed by atoms with Crippen molar-refractivity contribution in [1.82, 2.24) is 9.62 Å². The summed E-state index contributed by atoms with van der Waals surface area (Å²) in [7, 11) is -3.69. The van der Waals surface area contributed by atoms with E-state index in [0.717, 1.165) is 24.2 Å². The molecule has 0 amide bonds. The third-order valence-corrected chi connectivity index (χ3v) is 6.63. The van der Waals surface area contributed by atoms with Crippen LogP contribution in [-0.2, 0) is 14.8 Å². The van der Waals surface area contributed by atoms with Gasteiger partial charge in [-0.25, -0.2) is 13.1 Å². The van der Waals surface area contributed by atoms with Crippen molar-refractivity contribution < 1.29 is 22.6 Å². The quantitative estimate of drug-likeness (QED) is 0.774. The lowest BCUT2D eigenvalue weighted by Gasteiger charge is -2.35. The second-order valence-corrected chi connectivity index (χ2v) is 9.00. The largest absolute Gasteiger partial charge is 0.486 e. The summed E-state index contributed by atoms with van der Waals surface area (Å²) in [5.41, 5.74) is 2.24. The van der Waals surface area contributed by atoms with Gasteiger partial charge in [0.05, 0.1) is 18.1 Å². The molecule has 0 spiro atoms. The highest BCUT2D eigenvalue weighted by Gasteiger charge is 2.26. The van der Waals surface area contributed by atoms with E-state index in [1.807, 2.05) is 25.1 Å². The van der Waals surface area contributed by atoms with Gasteiger partial charge in [0.1, 0.15) is 13.2 Å². The molecule has 1 saturated heterocycles. The van der Waals surface area contributed by atoms with Crippen LogP contribution in [0.4, 0.5) is 0 Å². The number of fused-ring (bicyclic) bond motifs is 1. The van der Waals surface area contributed by atoms with Crippen LogP contribution in [0.1, 0.15) is 17.2 Å². The molecule has 0 aromatic heterocycles. The van der Waals surface area contributed by atoms with E-state index in [-0.39, 0.29) is 17.5 Å². The van der Waals surface area contributed by atoms with Gasteiger partial charge in [0.2, 0.25) is 10.0 Å². The first-order valence-corrected chi connectivity index (χ1v) is 11.3. The Hall–Kier alpha value is -2.13. The Bertz CT molecular complexity index is 957. The van der Waals surface area contributed by atoms with Crippen LogP contribution < -0.4 is 14.2 Å². The fraction of sp³-hybridized carbons (Fsp3) is 0.429. The highest BCUT2D eigenvalue weighted by molar-refractivity contribution is 7.89. The van der Waals surface area contributed by atoms with Gasteiger partial charge in [0, 0.05) is 31.7 Å². The number of sulfonamides is 1. The fourth-order valence-electron chi connectivity index (χ4n) is 3.69. The Kier molecular flexibility index (Phi) is 6.05. The van der Waals surface area contributed by atoms with E-state index in [2.05, 4.69) is 15.7 Å². The lowest BCUT2D eigenvalue weighted by Crippen LogP contribution is -2.43. The molecule has 0 saturated carbocycles. The van der Waals surface area contributed by atoms with Crippen molar-refractivity contribution in [1.29, 1.82) is 0 Å². The lowest BCUT2D eigenvalue weighted by atomic mass is 10.0. The molecule has 29 heavy (non-hydrogen) atoms. The third-order valence-electron chi connectivity index (χ3n) is 5.20. The van der Waals surface area contributed by atoms with E-state index in [9.17, 15) is 8.42 Å². The van der Waals surface area contributed by atoms with Gasteiger partial charge in [0.15, 0.2) is 11.5 Å². The Morgan fingerprint density at radius 1 is 1.00 bits per heavy atom. The normalized spacial score (nSPS) is 18.4. The van der Waals surface area contributed by atoms with Gasteiger partial charge in [0.25, 0.3) is 0 Å². The molecule has 4 rings (SSSR count). The van der Waals surface area contributed by atoms with Gasteiger partial charge < -0.3 is 14.2 Å². The summed E-state index contributed by atoms with van der Waals surface area (Å²) >= 11 is 0. The zero-order valence-corrected chi connectivity index (χ0v) is 17.3. The molecule has 0 bridgehead atoms. The first-order valence-electron chi connectivity index (χ1n) is 9.81. The van der Waals surface area contributed by atoms with Crippen LogP contribution in [0.2, 0.25) is 0 Å². The third kappa shape index (κ3) is 4.72. The Morgan fingerprint density at radius 3 is 2.52 bits per heavy atom. The van der Waals surface area contributed by atoms with Gasteiger partial charge in [-0.2, -0.15) is 0 Å². The number of nitrogens with zero attached hydrogens (tertiary/aromatic N) is 1. The van der Waals surface area contributed by atoms with E-state index < -0.39 is 10.0 Å². The predicted molar refractivity (Wildman–Crippen MR) is 109 cm³/mol. The maximum atomic E-state index is 13.0. The van der Waals surface area contributed by atoms with Crippen LogP contribution in [0, 0.1) is 6.92 Å². The lowest BCUT2D eigenvalue weighted by molar-refractivity contribution is 0.0172. The minimum Gasteiger partial charge on any atom is -0.486 e. The summed E-state index contributed by atoms with van der Waals surface area (Å²) in [5, 5.41) is 0. The fourth-order valence-corrected chi connectivity index (χ4v) is 4.74. The molecule has 1 N–H and O–H groups in total. The van der Waals surface area contributed by atoms with Gasteiger partial charge in [-0.05, 0) is 24.6 Å². The van der Waals surface area contributed by atoms with E-state index in [0.29, 0.717) is 37.9 Å². The number of nitrogens with one attached hydrogen (secondary N) is 1. The molecule has 156 valence electrons. The van der Waals surface area contributed by atoms with Crippen molar-refractivity contribution in [2.75, 3.05) is 46.1 Å². The van der Waals surface area contributed by atoms with Gasteiger partial charge in [-0.15, -0.1) is 0 Å². The maximum Gasteiger partial charge on any atom is 0.240 e. The second-order valence-electron chi connectivity index (χ2n) is 7.24. The molecule has 2 aliphatic heterocycles. The van der Waals surface area contributed by atoms with Crippen LogP contribution in [-0.4, -0.2) is 59.4 Å². The molecular weight excluding hydrogens is 392 g/mol. The monoisotopic (exact) mass is 418 g/mol. The molecule has 2 aromatic rings. The molecular formula is C21H26N2O5S. The van der Waals surface area contributed by atoms with Crippen molar-refractivity contribution in [3.05, 3.63) is 53.6 Å². The number of aryl methyl sites for hydroxylation is 1. The maximum absolute atomic E-state index is 13.0. The van der Waals surface area contributed by atoms with Crippen LogP contribution in [0.5, 0.6) is 11.5 Å². The number of rotatable bonds is 6. The highest BCUT2D eigenvalue weighted by Crippen LogP contribution is 2.32. The number of hydrogen-bond donors (Lipinski definition) is 1. The average Bonchev–Trinajstić information content (AvgIpc) is 2.74. The number of morpholine rings is 1. The molecule has 2 aromatic carbocycles. The number of ether oxygens (including phenoxy) is 3. The zero-order valence-electron chi connectivity index (χ0n) is 16.5. The summed E-state index contributed by atoms with van der Waals surface area (Å²) in [6.07, 6.45) is 0. The van der Waals surface area contributed by atoms with Crippen LogP contribution in [0.25, 0.3) is 0 Å². The predicted octanol–water partition coefficient (Wildman–Crippen LogP) is 2.12. The Balaban J connectivity index is 1.54. The molecule has 0 aliphatic carbocycles. The second kappa shape index (κ2) is 8.71. The summed E-state index contributed by atoms with van der Waals surface area (Å²) in [4.78, 5) is 2.44. The Morgan fingerprint density at radius 2 is 1.76 bits per heavy atom. The summed E-state index contributed by atoms with van der Waals surface area (Å²) in [5.74, 6) is 1.03. The van der Waals surface area contributed by atoms with Crippen molar-refractivity contribution in [3.63, 3.8) is 0 Å². The molecule has 1 unspecified atom stereocenters. The smallest absolute Gasteiger partial charge is 0.240 e. The highest BCUT2D eigenvalue weighted by atomic mass is 32.2. The molecule has 7 nitrogen and oxygen atoms in total. The average molecular weight is 419 g/mol. The standard InChI is InChI=1S/C21H26N2O5S/c1-16-3-2-4-17(13-16)19(23-7-9-26-10-8-23)15-22-29(24,25)18-5-6-20-21(14-18)28-12-11-27-20/h2-6,13-14,19,22H,7-12,15H2,1H3.